The fraction of sp³-hybridized carbons (Fsp3) is 0.136. The van der Waals surface area contributed by atoms with E-state index in [1.165, 1.54) is 30.0 Å². The number of pyridine rings is 1. The summed E-state index contributed by atoms with van der Waals surface area (Å²) in [5.41, 5.74) is 2.62. The normalized spacial score (nSPS) is 10.4. The van der Waals surface area contributed by atoms with E-state index in [1.54, 1.807) is 18.2 Å². The van der Waals surface area contributed by atoms with Crippen LogP contribution in [-0.4, -0.2) is 16.8 Å². The Morgan fingerprint density at radius 3 is 2.46 bits per heavy atom. The molecule has 0 saturated heterocycles. The lowest BCUT2D eigenvalue weighted by Crippen LogP contribution is -2.25. The highest BCUT2D eigenvalue weighted by atomic mass is 19.1. The molecule has 0 aliphatic heterocycles. The topological polar surface area (TPSA) is 71.1 Å². The van der Waals surface area contributed by atoms with Crippen LogP contribution in [0.1, 0.15) is 38.9 Å². The molecule has 1 aromatic heterocycles. The van der Waals surface area contributed by atoms with Crippen LogP contribution < -0.4 is 10.6 Å². The minimum atomic E-state index is -0.481. The van der Waals surface area contributed by atoms with Gasteiger partial charge >= 0.3 is 0 Å². The number of hydrogen-bond acceptors (Lipinski definition) is 3. The number of benzene rings is 2. The predicted molar refractivity (Wildman–Crippen MR) is 106 cm³/mol. The minimum Gasteiger partial charge on any atom is -0.347 e. The predicted octanol–water partition coefficient (Wildman–Crippen LogP) is 3.97. The lowest BCUT2D eigenvalue weighted by Gasteiger charge is -2.08. The average molecular weight is 377 g/mol. The third kappa shape index (κ3) is 4.79. The van der Waals surface area contributed by atoms with Crippen LogP contribution in [0.3, 0.4) is 0 Å². The van der Waals surface area contributed by atoms with Gasteiger partial charge in [-0.25, -0.2) is 4.39 Å². The van der Waals surface area contributed by atoms with Gasteiger partial charge in [0.05, 0.1) is 0 Å². The Balaban J connectivity index is 1.66. The number of aromatic nitrogens is 1. The number of nitrogens with one attached hydrogen (secondary N) is 2. The van der Waals surface area contributed by atoms with Crippen LogP contribution in [0, 0.1) is 5.82 Å². The summed E-state index contributed by atoms with van der Waals surface area (Å²) in [5.74, 6) is -1.21. The number of anilines is 1. The first-order valence-electron chi connectivity index (χ1n) is 8.94. The van der Waals surface area contributed by atoms with Gasteiger partial charge in [-0.3, -0.25) is 14.6 Å². The lowest BCUT2D eigenvalue weighted by molar-refractivity contribution is 0.0945. The molecular formula is C22H20FN3O2. The van der Waals surface area contributed by atoms with Crippen LogP contribution in [0.25, 0.3) is 0 Å². The zero-order chi connectivity index (χ0) is 19.9. The van der Waals surface area contributed by atoms with Gasteiger partial charge in [-0.2, -0.15) is 0 Å². The Labute approximate surface area is 162 Å². The van der Waals surface area contributed by atoms with Gasteiger partial charge < -0.3 is 10.6 Å². The van der Waals surface area contributed by atoms with E-state index in [0.717, 1.165) is 6.42 Å². The molecule has 0 aliphatic carbocycles. The second kappa shape index (κ2) is 8.90. The SMILES string of the molecule is CCc1ccc(NC(=O)c2ccnc(C(=O)NCc3ccccc3F)c2)cc1. The molecule has 0 spiro atoms. The summed E-state index contributed by atoms with van der Waals surface area (Å²) >= 11 is 0. The van der Waals surface area contributed by atoms with E-state index in [0.29, 0.717) is 16.8 Å². The molecule has 28 heavy (non-hydrogen) atoms. The second-order valence-corrected chi connectivity index (χ2v) is 6.21. The highest BCUT2D eigenvalue weighted by molar-refractivity contribution is 6.05. The molecule has 5 nitrogen and oxygen atoms in total. The minimum absolute atomic E-state index is 0.0351. The third-order valence-corrected chi connectivity index (χ3v) is 4.27. The van der Waals surface area contributed by atoms with E-state index in [9.17, 15) is 14.0 Å². The van der Waals surface area contributed by atoms with E-state index in [-0.39, 0.29) is 18.1 Å². The molecule has 1 heterocycles. The summed E-state index contributed by atoms with van der Waals surface area (Å²) in [7, 11) is 0. The van der Waals surface area contributed by atoms with Crippen molar-refractivity contribution in [2.75, 3.05) is 5.32 Å². The molecule has 2 N–H and O–H groups in total. The standard InChI is InChI=1S/C22H20FN3O2/c1-2-15-7-9-18(10-8-15)26-21(27)16-11-12-24-20(13-16)22(28)25-14-17-5-3-4-6-19(17)23/h3-13H,2,14H2,1H3,(H,25,28)(H,26,27). The summed E-state index contributed by atoms with van der Waals surface area (Å²) in [4.78, 5) is 28.8. The van der Waals surface area contributed by atoms with Crippen LogP contribution >= 0.6 is 0 Å². The first-order valence-corrected chi connectivity index (χ1v) is 8.94. The molecule has 0 unspecified atom stereocenters. The van der Waals surface area contributed by atoms with E-state index < -0.39 is 11.7 Å². The first-order chi connectivity index (χ1) is 13.6. The van der Waals surface area contributed by atoms with Gasteiger partial charge in [0.15, 0.2) is 0 Å². The van der Waals surface area contributed by atoms with Gasteiger partial charge in [0.1, 0.15) is 11.5 Å². The molecule has 0 bridgehead atoms. The number of nitrogens with zero attached hydrogens (tertiary/aromatic N) is 1. The fourth-order valence-electron chi connectivity index (χ4n) is 2.63. The van der Waals surface area contributed by atoms with E-state index in [4.69, 9.17) is 0 Å². The van der Waals surface area contributed by atoms with Gasteiger partial charge in [0.2, 0.25) is 0 Å². The van der Waals surface area contributed by atoms with E-state index >= 15 is 0 Å². The number of halogens is 1. The smallest absolute Gasteiger partial charge is 0.270 e. The molecule has 142 valence electrons. The molecule has 2 aromatic carbocycles. The van der Waals surface area contributed by atoms with Crippen LogP contribution in [0.15, 0.2) is 66.9 Å². The van der Waals surface area contributed by atoms with Gasteiger partial charge in [-0.05, 0) is 42.3 Å². The Hall–Kier alpha value is -3.54. The summed E-state index contributed by atoms with van der Waals surface area (Å²) in [6.45, 7) is 2.09. The number of carbonyl (C=O) groups excluding carboxylic acids is 2. The monoisotopic (exact) mass is 377 g/mol. The van der Waals surface area contributed by atoms with Gasteiger partial charge in [-0.1, -0.05) is 37.3 Å². The molecule has 0 atom stereocenters. The quantitative estimate of drug-likeness (QED) is 0.683. The van der Waals surface area contributed by atoms with Crippen molar-refractivity contribution in [1.29, 1.82) is 0 Å². The third-order valence-electron chi connectivity index (χ3n) is 4.27. The van der Waals surface area contributed by atoms with Crippen LogP contribution in [0.2, 0.25) is 0 Å². The molecule has 2 amide bonds. The van der Waals surface area contributed by atoms with Crippen LogP contribution in [-0.2, 0) is 13.0 Å². The van der Waals surface area contributed by atoms with Crippen LogP contribution in [0.4, 0.5) is 10.1 Å². The molecule has 6 heteroatoms. The van der Waals surface area contributed by atoms with Gasteiger partial charge in [0.25, 0.3) is 11.8 Å². The average Bonchev–Trinajstić information content (AvgIpc) is 2.73. The Kier molecular flexibility index (Phi) is 6.11. The van der Waals surface area contributed by atoms with Crippen molar-refractivity contribution in [2.24, 2.45) is 0 Å². The Morgan fingerprint density at radius 2 is 1.75 bits per heavy atom. The van der Waals surface area contributed by atoms with Crippen molar-refractivity contribution in [3.63, 3.8) is 0 Å². The first kappa shape index (κ1) is 19.2. The van der Waals surface area contributed by atoms with Crippen molar-refractivity contribution < 1.29 is 14.0 Å². The molecular weight excluding hydrogens is 357 g/mol. The lowest BCUT2D eigenvalue weighted by atomic mass is 10.1. The zero-order valence-corrected chi connectivity index (χ0v) is 15.4. The fourth-order valence-corrected chi connectivity index (χ4v) is 2.63. The van der Waals surface area contributed by atoms with Crippen molar-refractivity contribution in [1.82, 2.24) is 10.3 Å². The molecule has 3 aromatic rings. The van der Waals surface area contributed by atoms with E-state index in [2.05, 4.69) is 22.5 Å². The Morgan fingerprint density at radius 1 is 1.00 bits per heavy atom. The summed E-state index contributed by atoms with van der Waals surface area (Å²) in [6, 6.07) is 16.7. The highest BCUT2D eigenvalue weighted by Crippen LogP contribution is 2.12. The highest BCUT2D eigenvalue weighted by Gasteiger charge is 2.13. The number of carbonyl (C=O) groups is 2. The van der Waals surface area contributed by atoms with Gasteiger partial charge in [0, 0.05) is 29.6 Å². The number of amides is 2. The molecule has 0 aliphatic rings. The van der Waals surface area contributed by atoms with E-state index in [1.807, 2.05) is 24.3 Å². The van der Waals surface area contributed by atoms with Crippen molar-refractivity contribution in [3.05, 3.63) is 95.1 Å². The maximum Gasteiger partial charge on any atom is 0.270 e. The van der Waals surface area contributed by atoms with Crippen molar-refractivity contribution in [2.45, 2.75) is 19.9 Å². The zero-order valence-electron chi connectivity index (χ0n) is 15.4. The van der Waals surface area contributed by atoms with Gasteiger partial charge in [-0.15, -0.1) is 0 Å². The Bertz CT molecular complexity index is 987. The number of rotatable bonds is 6. The largest absolute Gasteiger partial charge is 0.347 e. The second-order valence-electron chi connectivity index (χ2n) is 6.21. The maximum atomic E-state index is 13.6. The molecule has 3 rings (SSSR count). The van der Waals surface area contributed by atoms with Crippen molar-refractivity contribution >= 4 is 17.5 Å². The molecule has 0 saturated carbocycles. The summed E-state index contributed by atoms with van der Waals surface area (Å²) < 4.78 is 13.6. The van der Waals surface area contributed by atoms with Crippen molar-refractivity contribution in [3.8, 4) is 0 Å². The summed E-state index contributed by atoms with van der Waals surface area (Å²) in [6.07, 6.45) is 2.32. The molecule has 0 radical (unpaired) electrons. The summed E-state index contributed by atoms with van der Waals surface area (Å²) in [5, 5.41) is 5.40. The number of hydrogen-bond donors (Lipinski definition) is 2. The molecule has 0 fully saturated rings. The number of aryl methyl sites for hydroxylation is 1. The van der Waals surface area contributed by atoms with Crippen LogP contribution in [0.5, 0.6) is 0 Å². The maximum absolute atomic E-state index is 13.6.